The standard InChI is InChI=1S/C12H14O2/c1-9-3-2-4-10(7-9)11-5-6-14-12(13)8-11/h2-4,7,11H,5-6,8H2,1H3/t11-/m1/s1. The molecule has 0 unspecified atom stereocenters. The molecular weight excluding hydrogens is 176 g/mol. The lowest BCUT2D eigenvalue weighted by atomic mass is 9.91. The van der Waals surface area contributed by atoms with Crippen LogP contribution in [0.15, 0.2) is 24.3 Å². The van der Waals surface area contributed by atoms with Crippen LogP contribution in [0.3, 0.4) is 0 Å². The quantitative estimate of drug-likeness (QED) is 0.636. The first-order chi connectivity index (χ1) is 6.75. The number of ether oxygens (including phenoxy) is 1. The van der Waals surface area contributed by atoms with Gasteiger partial charge in [0.05, 0.1) is 13.0 Å². The van der Waals surface area contributed by atoms with Crippen molar-refractivity contribution in [3.8, 4) is 0 Å². The minimum Gasteiger partial charge on any atom is -0.466 e. The van der Waals surface area contributed by atoms with E-state index < -0.39 is 0 Å². The first kappa shape index (κ1) is 9.25. The molecular formula is C12H14O2. The molecule has 0 radical (unpaired) electrons. The zero-order chi connectivity index (χ0) is 9.97. The molecule has 0 aliphatic carbocycles. The zero-order valence-electron chi connectivity index (χ0n) is 8.32. The van der Waals surface area contributed by atoms with Gasteiger partial charge in [0.2, 0.25) is 0 Å². The first-order valence-corrected chi connectivity index (χ1v) is 4.98. The fourth-order valence-electron chi connectivity index (χ4n) is 1.89. The van der Waals surface area contributed by atoms with E-state index in [2.05, 4.69) is 25.1 Å². The Hall–Kier alpha value is -1.31. The molecule has 2 nitrogen and oxygen atoms in total. The molecule has 1 aromatic carbocycles. The topological polar surface area (TPSA) is 26.3 Å². The second-order valence-electron chi connectivity index (χ2n) is 3.82. The highest BCUT2D eigenvalue weighted by Crippen LogP contribution is 2.27. The summed E-state index contributed by atoms with van der Waals surface area (Å²) in [5.41, 5.74) is 2.52. The van der Waals surface area contributed by atoms with Crippen molar-refractivity contribution in [3.05, 3.63) is 35.4 Å². The van der Waals surface area contributed by atoms with Gasteiger partial charge >= 0.3 is 5.97 Å². The smallest absolute Gasteiger partial charge is 0.306 e. The van der Waals surface area contributed by atoms with Gasteiger partial charge in [0.15, 0.2) is 0 Å². The Bertz CT molecular complexity index is 344. The largest absolute Gasteiger partial charge is 0.466 e. The van der Waals surface area contributed by atoms with Crippen LogP contribution in [0.1, 0.15) is 29.9 Å². The molecule has 0 amide bonds. The van der Waals surface area contributed by atoms with Gasteiger partial charge in [0.1, 0.15) is 0 Å². The average molecular weight is 190 g/mol. The van der Waals surface area contributed by atoms with Crippen LogP contribution < -0.4 is 0 Å². The van der Waals surface area contributed by atoms with Gasteiger partial charge in [-0.15, -0.1) is 0 Å². The second-order valence-corrected chi connectivity index (χ2v) is 3.82. The molecule has 74 valence electrons. The van der Waals surface area contributed by atoms with E-state index in [0.717, 1.165) is 6.42 Å². The van der Waals surface area contributed by atoms with Gasteiger partial charge in [0, 0.05) is 0 Å². The first-order valence-electron chi connectivity index (χ1n) is 4.98. The van der Waals surface area contributed by atoms with Crippen LogP contribution >= 0.6 is 0 Å². The van der Waals surface area contributed by atoms with Crippen molar-refractivity contribution in [1.29, 1.82) is 0 Å². The van der Waals surface area contributed by atoms with E-state index in [9.17, 15) is 4.79 Å². The van der Waals surface area contributed by atoms with Gasteiger partial charge in [-0.05, 0) is 24.8 Å². The summed E-state index contributed by atoms with van der Waals surface area (Å²) in [6, 6.07) is 8.37. The summed E-state index contributed by atoms with van der Waals surface area (Å²) < 4.78 is 4.92. The maximum atomic E-state index is 11.1. The van der Waals surface area contributed by atoms with E-state index >= 15 is 0 Å². The Balaban J connectivity index is 2.17. The summed E-state index contributed by atoms with van der Waals surface area (Å²) in [5, 5.41) is 0. The van der Waals surface area contributed by atoms with Gasteiger partial charge in [0.25, 0.3) is 0 Å². The Morgan fingerprint density at radius 3 is 3.00 bits per heavy atom. The number of hydrogen-bond acceptors (Lipinski definition) is 2. The Kier molecular flexibility index (Phi) is 2.53. The molecule has 1 aliphatic heterocycles. The summed E-state index contributed by atoms with van der Waals surface area (Å²) >= 11 is 0. The summed E-state index contributed by atoms with van der Waals surface area (Å²) in [7, 11) is 0. The van der Waals surface area contributed by atoms with E-state index in [1.165, 1.54) is 11.1 Å². The van der Waals surface area contributed by atoms with E-state index in [4.69, 9.17) is 4.74 Å². The number of hydrogen-bond donors (Lipinski definition) is 0. The molecule has 0 spiro atoms. The lowest BCUT2D eigenvalue weighted by Gasteiger charge is -2.21. The van der Waals surface area contributed by atoms with Crippen molar-refractivity contribution < 1.29 is 9.53 Å². The fourth-order valence-corrected chi connectivity index (χ4v) is 1.89. The molecule has 1 aromatic rings. The van der Waals surface area contributed by atoms with Gasteiger partial charge in [-0.2, -0.15) is 0 Å². The number of carbonyl (C=O) groups excluding carboxylic acids is 1. The van der Waals surface area contributed by atoms with Crippen LogP contribution in [-0.2, 0) is 9.53 Å². The second kappa shape index (κ2) is 3.82. The summed E-state index contributed by atoms with van der Waals surface area (Å²) in [6.45, 7) is 2.64. The maximum absolute atomic E-state index is 11.1. The lowest BCUT2D eigenvalue weighted by Crippen LogP contribution is -2.19. The van der Waals surface area contributed by atoms with E-state index in [1.54, 1.807) is 0 Å². The third kappa shape index (κ3) is 1.95. The SMILES string of the molecule is Cc1cccc([C@@H]2CCOC(=O)C2)c1. The summed E-state index contributed by atoms with van der Waals surface area (Å²) in [4.78, 5) is 11.1. The highest BCUT2D eigenvalue weighted by Gasteiger charge is 2.21. The van der Waals surface area contributed by atoms with Crippen LogP contribution in [0.4, 0.5) is 0 Å². The predicted octanol–water partition coefficient (Wildman–Crippen LogP) is 2.42. The Morgan fingerprint density at radius 1 is 1.43 bits per heavy atom. The van der Waals surface area contributed by atoms with E-state index in [-0.39, 0.29) is 5.97 Å². The van der Waals surface area contributed by atoms with Crippen LogP contribution in [0.25, 0.3) is 0 Å². The molecule has 2 heteroatoms. The molecule has 1 aliphatic rings. The third-order valence-electron chi connectivity index (χ3n) is 2.66. The molecule has 14 heavy (non-hydrogen) atoms. The lowest BCUT2D eigenvalue weighted by molar-refractivity contribution is -0.147. The van der Waals surface area contributed by atoms with E-state index in [1.807, 2.05) is 6.07 Å². The van der Waals surface area contributed by atoms with Crippen molar-refractivity contribution in [2.45, 2.75) is 25.7 Å². The molecule has 1 fully saturated rings. The van der Waals surface area contributed by atoms with E-state index in [0.29, 0.717) is 18.9 Å². The third-order valence-corrected chi connectivity index (χ3v) is 2.66. The molecule has 0 aromatic heterocycles. The van der Waals surface area contributed by atoms with Crippen molar-refractivity contribution in [1.82, 2.24) is 0 Å². The summed E-state index contributed by atoms with van der Waals surface area (Å²) in [5.74, 6) is 0.291. The van der Waals surface area contributed by atoms with Gasteiger partial charge in [-0.25, -0.2) is 0 Å². The number of benzene rings is 1. The summed E-state index contributed by atoms with van der Waals surface area (Å²) in [6.07, 6.45) is 1.48. The molecule has 2 rings (SSSR count). The number of carbonyl (C=O) groups is 1. The maximum Gasteiger partial charge on any atom is 0.306 e. The minimum absolute atomic E-state index is 0.0669. The molecule has 0 N–H and O–H groups in total. The van der Waals surface area contributed by atoms with Crippen molar-refractivity contribution in [3.63, 3.8) is 0 Å². The van der Waals surface area contributed by atoms with Crippen LogP contribution in [0.5, 0.6) is 0 Å². The van der Waals surface area contributed by atoms with Crippen molar-refractivity contribution >= 4 is 5.97 Å². The predicted molar refractivity (Wildman–Crippen MR) is 54.1 cm³/mol. The van der Waals surface area contributed by atoms with Gasteiger partial charge in [-0.1, -0.05) is 29.8 Å². The molecule has 0 bridgehead atoms. The average Bonchev–Trinajstić information content (AvgIpc) is 2.18. The minimum atomic E-state index is -0.0669. The fraction of sp³-hybridized carbons (Fsp3) is 0.417. The Labute approximate surface area is 83.9 Å². The van der Waals surface area contributed by atoms with Crippen LogP contribution in [-0.4, -0.2) is 12.6 Å². The van der Waals surface area contributed by atoms with Gasteiger partial charge < -0.3 is 4.74 Å². The number of rotatable bonds is 1. The number of cyclic esters (lactones) is 1. The Morgan fingerprint density at radius 2 is 2.29 bits per heavy atom. The van der Waals surface area contributed by atoms with Crippen molar-refractivity contribution in [2.24, 2.45) is 0 Å². The highest BCUT2D eigenvalue weighted by molar-refractivity contribution is 5.71. The van der Waals surface area contributed by atoms with Crippen molar-refractivity contribution in [2.75, 3.05) is 6.61 Å². The zero-order valence-corrected chi connectivity index (χ0v) is 8.32. The molecule has 1 heterocycles. The van der Waals surface area contributed by atoms with Crippen LogP contribution in [0, 0.1) is 6.92 Å². The highest BCUT2D eigenvalue weighted by atomic mass is 16.5. The molecule has 1 saturated heterocycles. The molecule has 1 atom stereocenters. The number of aryl methyl sites for hydroxylation is 1. The normalized spacial score (nSPS) is 21.8. The van der Waals surface area contributed by atoms with Gasteiger partial charge in [-0.3, -0.25) is 4.79 Å². The monoisotopic (exact) mass is 190 g/mol. The van der Waals surface area contributed by atoms with Crippen LogP contribution in [0.2, 0.25) is 0 Å². The molecule has 0 saturated carbocycles. The number of esters is 1.